The van der Waals surface area contributed by atoms with E-state index in [0.717, 1.165) is 18.5 Å². The first-order valence-corrected chi connectivity index (χ1v) is 5.26. The number of aryl methyl sites for hydroxylation is 1. The van der Waals surface area contributed by atoms with Crippen LogP contribution >= 0.6 is 0 Å². The molecule has 1 heterocycles. The van der Waals surface area contributed by atoms with Crippen LogP contribution in [0.3, 0.4) is 0 Å². The number of halogens is 2. The predicted octanol–water partition coefficient (Wildman–Crippen LogP) is 2.51. The van der Waals surface area contributed by atoms with Gasteiger partial charge < -0.3 is 10.4 Å². The van der Waals surface area contributed by atoms with E-state index in [-0.39, 0.29) is 22.8 Å². The molecule has 1 aromatic heterocycles. The number of carbonyl (C=O) groups is 1. The molecule has 0 aliphatic rings. The van der Waals surface area contributed by atoms with Crippen molar-refractivity contribution < 1.29 is 18.7 Å². The molecule has 1 aromatic carbocycles. The highest BCUT2D eigenvalue weighted by Gasteiger charge is 2.12. The van der Waals surface area contributed by atoms with E-state index < -0.39 is 17.6 Å². The van der Waals surface area contributed by atoms with Crippen LogP contribution in [0.4, 0.5) is 20.3 Å². The molecule has 98 valence electrons. The zero-order valence-electron chi connectivity index (χ0n) is 9.82. The monoisotopic (exact) mass is 265 g/mol. The summed E-state index contributed by atoms with van der Waals surface area (Å²) in [5.74, 6) is -2.68. The first-order valence-electron chi connectivity index (χ1n) is 5.26. The SMILES string of the molecule is Cc1ccc(F)c(Nc2cnc(C(=O)O)cn2)c1F. The summed E-state index contributed by atoms with van der Waals surface area (Å²) in [5.41, 5.74) is -0.327. The van der Waals surface area contributed by atoms with E-state index in [4.69, 9.17) is 5.11 Å². The summed E-state index contributed by atoms with van der Waals surface area (Å²) < 4.78 is 27.2. The molecule has 2 rings (SSSR count). The topological polar surface area (TPSA) is 75.1 Å². The molecule has 0 aliphatic heterocycles. The summed E-state index contributed by atoms with van der Waals surface area (Å²) in [6.45, 7) is 1.50. The number of aromatic nitrogens is 2. The minimum absolute atomic E-state index is 0.0494. The van der Waals surface area contributed by atoms with E-state index in [1.54, 1.807) is 0 Å². The quantitative estimate of drug-likeness (QED) is 0.891. The molecule has 0 aliphatic carbocycles. The van der Waals surface area contributed by atoms with Crippen molar-refractivity contribution >= 4 is 17.5 Å². The fraction of sp³-hybridized carbons (Fsp3) is 0.0833. The predicted molar refractivity (Wildman–Crippen MR) is 63.4 cm³/mol. The molecular weight excluding hydrogens is 256 g/mol. The number of hydrogen-bond acceptors (Lipinski definition) is 4. The van der Waals surface area contributed by atoms with Gasteiger partial charge in [0, 0.05) is 0 Å². The van der Waals surface area contributed by atoms with Crippen LogP contribution in [0.5, 0.6) is 0 Å². The second-order valence-electron chi connectivity index (χ2n) is 3.77. The van der Waals surface area contributed by atoms with E-state index in [1.165, 1.54) is 13.0 Å². The number of rotatable bonds is 3. The average molecular weight is 265 g/mol. The lowest BCUT2D eigenvalue weighted by molar-refractivity contribution is 0.0690. The lowest BCUT2D eigenvalue weighted by atomic mass is 10.2. The van der Waals surface area contributed by atoms with Crippen LogP contribution in [0.25, 0.3) is 0 Å². The van der Waals surface area contributed by atoms with Gasteiger partial charge in [0.1, 0.15) is 17.3 Å². The van der Waals surface area contributed by atoms with Crippen LogP contribution in [0.1, 0.15) is 16.1 Å². The number of hydrogen-bond donors (Lipinski definition) is 2. The summed E-state index contributed by atoms with van der Waals surface area (Å²) in [4.78, 5) is 17.9. The van der Waals surface area contributed by atoms with E-state index in [0.29, 0.717) is 0 Å². The van der Waals surface area contributed by atoms with Crippen LogP contribution in [0.15, 0.2) is 24.5 Å². The van der Waals surface area contributed by atoms with Crippen molar-refractivity contribution in [1.82, 2.24) is 9.97 Å². The summed E-state index contributed by atoms with van der Waals surface area (Å²) in [5, 5.41) is 11.1. The maximum absolute atomic E-state index is 13.7. The van der Waals surface area contributed by atoms with Gasteiger partial charge in [-0.15, -0.1) is 0 Å². The van der Waals surface area contributed by atoms with E-state index in [1.807, 2.05) is 0 Å². The maximum atomic E-state index is 13.7. The Labute approximate surface area is 106 Å². The van der Waals surface area contributed by atoms with Crippen LogP contribution in [-0.2, 0) is 0 Å². The van der Waals surface area contributed by atoms with Crippen LogP contribution in [0, 0.1) is 18.6 Å². The molecule has 19 heavy (non-hydrogen) atoms. The van der Waals surface area contributed by atoms with Crippen molar-refractivity contribution in [3.05, 3.63) is 47.4 Å². The molecule has 0 amide bonds. The van der Waals surface area contributed by atoms with Gasteiger partial charge in [-0.1, -0.05) is 6.07 Å². The van der Waals surface area contributed by atoms with Crippen molar-refractivity contribution in [3.8, 4) is 0 Å². The highest BCUT2D eigenvalue weighted by atomic mass is 19.1. The van der Waals surface area contributed by atoms with E-state index >= 15 is 0 Å². The summed E-state index contributed by atoms with van der Waals surface area (Å²) in [6.07, 6.45) is 2.08. The average Bonchev–Trinajstić information content (AvgIpc) is 2.40. The summed E-state index contributed by atoms with van der Waals surface area (Å²) in [6, 6.07) is 2.44. The number of benzene rings is 1. The molecular formula is C12H9F2N3O2. The minimum atomic E-state index is -1.23. The second kappa shape index (κ2) is 4.97. The number of carboxylic acids is 1. The molecule has 2 aromatic rings. The number of nitrogens with zero attached hydrogens (tertiary/aromatic N) is 2. The molecule has 7 heteroatoms. The molecule has 0 saturated heterocycles. The maximum Gasteiger partial charge on any atom is 0.356 e. The van der Waals surface area contributed by atoms with Crippen molar-refractivity contribution in [3.63, 3.8) is 0 Å². The fourth-order valence-electron chi connectivity index (χ4n) is 1.40. The van der Waals surface area contributed by atoms with Gasteiger partial charge in [0.15, 0.2) is 11.5 Å². The fourth-order valence-corrected chi connectivity index (χ4v) is 1.40. The third-order valence-corrected chi connectivity index (χ3v) is 2.41. The number of nitrogens with one attached hydrogen (secondary N) is 1. The lowest BCUT2D eigenvalue weighted by Gasteiger charge is -2.09. The van der Waals surface area contributed by atoms with Gasteiger partial charge >= 0.3 is 5.97 Å². The molecule has 0 spiro atoms. The van der Waals surface area contributed by atoms with Gasteiger partial charge in [0.2, 0.25) is 0 Å². The first-order chi connectivity index (χ1) is 8.99. The molecule has 0 saturated carbocycles. The largest absolute Gasteiger partial charge is 0.476 e. The third-order valence-electron chi connectivity index (χ3n) is 2.41. The van der Waals surface area contributed by atoms with Gasteiger partial charge in [-0.3, -0.25) is 0 Å². The molecule has 0 fully saturated rings. The van der Waals surface area contributed by atoms with Gasteiger partial charge in [0.05, 0.1) is 12.4 Å². The van der Waals surface area contributed by atoms with Crippen molar-refractivity contribution in [2.24, 2.45) is 0 Å². The number of anilines is 2. The van der Waals surface area contributed by atoms with Gasteiger partial charge in [-0.25, -0.2) is 23.5 Å². The minimum Gasteiger partial charge on any atom is -0.476 e. The van der Waals surface area contributed by atoms with Crippen LogP contribution < -0.4 is 5.32 Å². The Morgan fingerprint density at radius 1 is 1.26 bits per heavy atom. The van der Waals surface area contributed by atoms with Gasteiger partial charge in [0.25, 0.3) is 0 Å². The molecule has 2 N–H and O–H groups in total. The van der Waals surface area contributed by atoms with Gasteiger partial charge in [-0.2, -0.15) is 0 Å². The molecule has 0 radical (unpaired) electrons. The number of aromatic carboxylic acids is 1. The highest BCUT2D eigenvalue weighted by Crippen LogP contribution is 2.24. The van der Waals surface area contributed by atoms with Crippen molar-refractivity contribution in [2.75, 3.05) is 5.32 Å². The lowest BCUT2D eigenvalue weighted by Crippen LogP contribution is -2.05. The zero-order chi connectivity index (χ0) is 14.0. The Balaban J connectivity index is 2.31. The highest BCUT2D eigenvalue weighted by molar-refractivity contribution is 5.85. The summed E-state index contributed by atoms with van der Waals surface area (Å²) in [7, 11) is 0. The van der Waals surface area contributed by atoms with E-state index in [9.17, 15) is 13.6 Å². The second-order valence-corrected chi connectivity index (χ2v) is 3.77. The molecule has 0 unspecified atom stereocenters. The third kappa shape index (κ3) is 2.65. The van der Waals surface area contributed by atoms with Crippen LogP contribution in [-0.4, -0.2) is 21.0 Å². The standard InChI is InChI=1S/C12H9F2N3O2/c1-6-2-3-7(13)11(10(6)14)17-9-5-15-8(4-16-9)12(18)19/h2-5H,1H3,(H,16,17)(H,18,19). The molecule has 0 atom stereocenters. The molecule has 5 nitrogen and oxygen atoms in total. The van der Waals surface area contributed by atoms with Crippen molar-refractivity contribution in [2.45, 2.75) is 6.92 Å². The Kier molecular flexibility index (Phi) is 3.37. The normalized spacial score (nSPS) is 10.3. The first kappa shape index (κ1) is 12.9. The Bertz CT molecular complexity index is 630. The van der Waals surface area contributed by atoms with Crippen LogP contribution in [0.2, 0.25) is 0 Å². The Morgan fingerprint density at radius 3 is 2.58 bits per heavy atom. The van der Waals surface area contributed by atoms with Crippen molar-refractivity contribution in [1.29, 1.82) is 0 Å². The van der Waals surface area contributed by atoms with Gasteiger partial charge in [-0.05, 0) is 18.6 Å². The smallest absolute Gasteiger partial charge is 0.356 e. The Morgan fingerprint density at radius 2 is 2.00 bits per heavy atom. The Hall–Kier alpha value is -2.57. The zero-order valence-corrected chi connectivity index (χ0v) is 9.82. The number of carboxylic acid groups (broad SMARTS) is 1. The molecule has 0 bridgehead atoms. The summed E-state index contributed by atoms with van der Waals surface area (Å²) >= 11 is 0. The van der Waals surface area contributed by atoms with E-state index in [2.05, 4.69) is 15.3 Å².